The molecule has 0 fully saturated rings. The van der Waals surface area contributed by atoms with Gasteiger partial charge < -0.3 is 14.5 Å². The Kier molecular flexibility index (Phi) is 10.4. The Morgan fingerprint density at radius 1 is 0.963 bits per heavy atom. The van der Waals surface area contributed by atoms with E-state index in [4.69, 9.17) is 32.8 Å². The molecular formula is C19H21BrCl2N2O3. The van der Waals surface area contributed by atoms with Gasteiger partial charge in [-0.15, -0.1) is 17.0 Å². The van der Waals surface area contributed by atoms with Crippen molar-refractivity contribution < 1.29 is 14.4 Å². The second kappa shape index (κ2) is 12.0. The minimum Gasteiger partial charge on any atom is -0.462 e. The quantitative estimate of drug-likeness (QED) is 0.321. The summed E-state index contributed by atoms with van der Waals surface area (Å²) in [5.41, 5.74) is 2.18. The van der Waals surface area contributed by atoms with E-state index in [9.17, 15) is 4.79 Å². The monoisotopic (exact) mass is 474 g/mol. The molecule has 0 aliphatic carbocycles. The van der Waals surface area contributed by atoms with E-state index in [1.165, 1.54) is 0 Å². The van der Waals surface area contributed by atoms with Crippen molar-refractivity contribution >= 4 is 51.9 Å². The molecule has 0 aromatic heterocycles. The molecule has 0 spiro atoms. The van der Waals surface area contributed by atoms with Crippen LogP contribution in [0.2, 0.25) is 10.0 Å². The summed E-state index contributed by atoms with van der Waals surface area (Å²) in [4.78, 5) is 18.8. The molecule has 0 heterocycles. The fourth-order valence-corrected chi connectivity index (χ4v) is 2.27. The van der Waals surface area contributed by atoms with Crippen LogP contribution in [0.15, 0.2) is 53.7 Å². The molecule has 8 heteroatoms. The van der Waals surface area contributed by atoms with Crippen LogP contribution in [-0.2, 0) is 14.4 Å². The van der Waals surface area contributed by atoms with E-state index < -0.39 is 5.97 Å². The third-order valence-electron chi connectivity index (χ3n) is 3.38. The maximum Gasteiger partial charge on any atom is 0.347 e. The highest BCUT2D eigenvalue weighted by Crippen LogP contribution is 2.17. The number of rotatable bonds is 8. The number of likely N-dealkylation sites (N-methyl/N-ethyl adjacent to an activating group) is 1. The lowest BCUT2D eigenvalue weighted by atomic mass is 10.0. The lowest BCUT2D eigenvalue weighted by Gasteiger charge is -2.10. The van der Waals surface area contributed by atoms with E-state index in [0.29, 0.717) is 28.9 Å². The van der Waals surface area contributed by atoms with Crippen molar-refractivity contribution in [3.05, 3.63) is 69.7 Å². The first-order valence-corrected chi connectivity index (χ1v) is 8.73. The molecule has 0 N–H and O–H groups in total. The summed E-state index contributed by atoms with van der Waals surface area (Å²) in [6.07, 6.45) is 0. The standard InChI is InChI=1S/C19H20Cl2N2O3.BrH/c1-23(2)11-12-25-18(24)13-26-22-19(14-3-7-16(20)8-4-14)15-5-9-17(21)10-6-15;/h3-10H,11-13H2,1-2H3;1H. The molecule has 0 aliphatic rings. The predicted molar refractivity (Wildman–Crippen MR) is 114 cm³/mol. The van der Waals surface area contributed by atoms with Crippen molar-refractivity contribution in [2.24, 2.45) is 5.16 Å². The number of halogens is 3. The number of hydrogen-bond acceptors (Lipinski definition) is 5. The number of benzene rings is 2. The van der Waals surface area contributed by atoms with Crippen LogP contribution in [0.1, 0.15) is 11.1 Å². The summed E-state index contributed by atoms with van der Waals surface area (Å²) in [6.45, 7) is 0.689. The number of carbonyl (C=O) groups excluding carboxylic acids is 1. The smallest absolute Gasteiger partial charge is 0.347 e. The zero-order valence-electron chi connectivity index (χ0n) is 15.0. The predicted octanol–water partition coefficient (Wildman–Crippen LogP) is 4.45. The molecule has 0 radical (unpaired) electrons. The van der Waals surface area contributed by atoms with Crippen molar-refractivity contribution in [1.29, 1.82) is 0 Å². The maximum atomic E-state index is 11.7. The summed E-state index contributed by atoms with van der Waals surface area (Å²) < 4.78 is 5.07. The van der Waals surface area contributed by atoms with Crippen LogP contribution in [0.5, 0.6) is 0 Å². The first-order valence-electron chi connectivity index (χ1n) is 7.98. The third-order valence-corrected chi connectivity index (χ3v) is 3.88. The zero-order chi connectivity index (χ0) is 18.9. The Morgan fingerprint density at radius 3 is 1.89 bits per heavy atom. The highest BCUT2D eigenvalue weighted by Gasteiger charge is 2.10. The number of nitrogens with zero attached hydrogens (tertiary/aromatic N) is 2. The number of carbonyl (C=O) groups is 1. The summed E-state index contributed by atoms with van der Waals surface area (Å²) >= 11 is 11.9. The Balaban J connectivity index is 0.00000364. The second-order valence-corrected chi connectivity index (χ2v) is 6.62. The summed E-state index contributed by atoms with van der Waals surface area (Å²) in [6, 6.07) is 14.4. The Labute approximate surface area is 179 Å². The first kappa shape index (κ1) is 23.4. The van der Waals surface area contributed by atoms with Crippen molar-refractivity contribution in [3.8, 4) is 0 Å². The molecule has 27 heavy (non-hydrogen) atoms. The summed E-state index contributed by atoms with van der Waals surface area (Å²) in [7, 11) is 3.80. The van der Waals surface area contributed by atoms with E-state index in [-0.39, 0.29) is 23.6 Å². The largest absolute Gasteiger partial charge is 0.462 e. The normalized spacial score (nSPS) is 10.1. The average Bonchev–Trinajstić information content (AvgIpc) is 2.60. The molecule has 0 amide bonds. The molecule has 0 aliphatic heterocycles. The van der Waals surface area contributed by atoms with E-state index in [1.807, 2.05) is 43.3 Å². The van der Waals surface area contributed by atoms with Crippen molar-refractivity contribution in [1.82, 2.24) is 4.90 Å². The SMILES string of the molecule is Br.CN(C)CCOC(=O)CON=C(c1ccc(Cl)cc1)c1ccc(Cl)cc1. The molecule has 0 unspecified atom stereocenters. The van der Waals surface area contributed by atoms with E-state index in [2.05, 4.69) is 5.16 Å². The third kappa shape index (κ3) is 8.30. The fourth-order valence-electron chi connectivity index (χ4n) is 2.02. The Hall–Kier alpha value is -1.60. The molecule has 2 rings (SSSR count). The van der Waals surface area contributed by atoms with Crippen molar-refractivity contribution in [3.63, 3.8) is 0 Å². The van der Waals surface area contributed by atoms with Crippen LogP contribution in [-0.4, -0.2) is 50.4 Å². The number of esters is 1. The van der Waals surface area contributed by atoms with Crippen LogP contribution in [0.25, 0.3) is 0 Å². The van der Waals surface area contributed by atoms with Crippen molar-refractivity contribution in [2.75, 3.05) is 33.9 Å². The minimum absolute atomic E-state index is 0. The van der Waals surface area contributed by atoms with Gasteiger partial charge in [0.1, 0.15) is 12.3 Å². The molecule has 0 saturated carbocycles. The zero-order valence-corrected chi connectivity index (χ0v) is 18.2. The highest BCUT2D eigenvalue weighted by molar-refractivity contribution is 8.93. The van der Waals surface area contributed by atoms with E-state index in [1.54, 1.807) is 24.3 Å². The van der Waals surface area contributed by atoms with Crippen LogP contribution in [0.3, 0.4) is 0 Å². The molecule has 2 aromatic carbocycles. The van der Waals surface area contributed by atoms with Crippen LogP contribution < -0.4 is 0 Å². The molecular weight excluding hydrogens is 455 g/mol. The maximum absolute atomic E-state index is 11.7. The number of oxime groups is 1. The Morgan fingerprint density at radius 2 is 1.44 bits per heavy atom. The second-order valence-electron chi connectivity index (χ2n) is 5.75. The molecule has 146 valence electrons. The van der Waals surface area contributed by atoms with Crippen LogP contribution in [0.4, 0.5) is 0 Å². The van der Waals surface area contributed by atoms with Crippen LogP contribution >= 0.6 is 40.2 Å². The minimum atomic E-state index is -0.470. The topological polar surface area (TPSA) is 51.1 Å². The fraction of sp³-hybridized carbons (Fsp3) is 0.263. The van der Waals surface area contributed by atoms with Gasteiger partial charge in [-0.25, -0.2) is 4.79 Å². The van der Waals surface area contributed by atoms with Gasteiger partial charge in [-0.3, -0.25) is 0 Å². The highest BCUT2D eigenvalue weighted by atomic mass is 79.9. The van der Waals surface area contributed by atoms with Gasteiger partial charge in [0.25, 0.3) is 0 Å². The molecule has 0 bridgehead atoms. The molecule has 0 atom stereocenters. The van der Waals surface area contributed by atoms with Crippen molar-refractivity contribution in [2.45, 2.75) is 0 Å². The van der Waals surface area contributed by atoms with Crippen LogP contribution in [0, 0.1) is 0 Å². The molecule has 0 saturated heterocycles. The van der Waals surface area contributed by atoms with Gasteiger partial charge in [0.2, 0.25) is 6.61 Å². The Bertz CT molecular complexity index is 703. The number of ether oxygens (including phenoxy) is 1. The van der Waals surface area contributed by atoms with E-state index >= 15 is 0 Å². The summed E-state index contributed by atoms with van der Waals surface area (Å²) in [5, 5.41) is 5.37. The molecule has 2 aromatic rings. The van der Waals surface area contributed by atoms with Gasteiger partial charge >= 0.3 is 5.97 Å². The molecule has 5 nitrogen and oxygen atoms in total. The number of hydrogen-bond donors (Lipinski definition) is 0. The van der Waals surface area contributed by atoms with Gasteiger partial charge in [-0.05, 0) is 38.4 Å². The van der Waals surface area contributed by atoms with Gasteiger partial charge in [-0.2, -0.15) is 0 Å². The van der Waals surface area contributed by atoms with Gasteiger partial charge in [-0.1, -0.05) is 52.6 Å². The van der Waals surface area contributed by atoms with Gasteiger partial charge in [0.05, 0.1) is 0 Å². The van der Waals surface area contributed by atoms with Gasteiger partial charge in [0, 0.05) is 27.7 Å². The van der Waals surface area contributed by atoms with E-state index in [0.717, 1.165) is 11.1 Å². The van der Waals surface area contributed by atoms with Gasteiger partial charge in [0.15, 0.2) is 0 Å². The lowest BCUT2D eigenvalue weighted by Crippen LogP contribution is -2.21. The lowest BCUT2D eigenvalue weighted by molar-refractivity contribution is -0.149. The first-order chi connectivity index (χ1) is 12.5. The summed E-state index contributed by atoms with van der Waals surface area (Å²) in [5.74, 6) is -0.470. The average molecular weight is 476 g/mol.